The van der Waals surface area contributed by atoms with Crippen molar-refractivity contribution in [1.82, 2.24) is 0 Å². The molecule has 0 bridgehead atoms. The number of unbranched alkanes of at least 4 members (excludes halogenated alkanes) is 13. The molecule has 5 nitrogen and oxygen atoms in total. The van der Waals surface area contributed by atoms with Crippen molar-refractivity contribution in [1.29, 1.82) is 0 Å². The van der Waals surface area contributed by atoms with Crippen LogP contribution in [0.1, 0.15) is 149 Å². The lowest BCUT2D eigenvalue weighted by Crippen LogP contribution is -2.28. The van der Waals surface area contributed by atoms with Crippen LogP contribution in [-0.2, 0) is 19.1 Å². The average Bonchev–Trinajstić information content (AvgIpc) is 2.97. The van der Waals surface area contributed by atoms with E-state index in [0.29, 0.717) is 12.8 Å². The summed E-state index contributed by atoms with van der Waals surface area (Å²) in [5, 5.41) is 9.49. The van der Waals surface area contributed by atoms with Gasteiger partial charge in [0.05, 0.1) is 6.61 Å². The van der Waals surface area contributed by atoms with Crippen LogP contribution in [-0.4, -0.2) is 36.4 Å². The fraction of sp³-hybridized carbons (Fsp3) is 0.722. The van der Waals surface area contributed by atoms with E-state index >= 15 is 0 Å². The molecule has 1 atom stereocenters. The first-order valence-electron chi connectivity index (χ1n) is 16.7. The van der Waals surface area contributed by atoms with E-state index in [1.807, 2.05) is 0 Å². The molecule has 1 N–H and O–H groups in total. The number of hydrogen-bond acceptors (Lipinski definition) is 5. The Bertz CT molecular complexity index is 707. The van der Waals surface area contributed by atoms with E-state index in [4.69, 9.17) is 9.47 Å². The fourth-order valence-electron chi connectivity index (χ4n) is 4.37. The summed E-state index contributed by atoms with van der Waals surface area (Å²) in [4.78, 5) is 24.1. The highest BCUT2D eigenvalue weighted by atomic mass is 16.6. The Kier molecular flexibility index (Phi) is 30.7. The van der Waals surface area contributed by atoms with E-state index in [0.717, 1.165) is 64.2 Å². The monoisotopic (exact) mass is 574 g/mol. The minimum Gasteiger partial charge on any atom is -0.462 e. The summed E-state index contributed by atoms with van der Waals surface area (Å²) in [5.41, 5.74) is 0. The van der Waals surface area contributed by atoms with Gasteiger partial charge in [-0.1, -0.05) is 133 Å². The Morgan fingerprint density at radius 2 is 1.05 bits per heavy atom. The third-order valence-corrected chi connectivity index (χ3v) is 6.89. The van der Waals surface area contributed by atoms with Crippen molar-refractivity contribution in [3.05, 3.63) is 48.6 Å². The molecule has 0 fully saturated rings. The van der Waals surface area contributed by atoms with Crippen molar-refractivity contribution in [2.75, 3.05) is 13.2 Å². The van der Waals surface area contributed by atoms with Crippen molar-refractivity contribution in [2.24, 2.45) is 0 Å². The molecular formula is C36H62O5. The second-order valence-electron chi connectivity index (χ2n) is 10.9. The minimum atomic E-state index is -0.784. The quantitative estimate of drug-likeness (QED) is 0.0547. The van der Waals surface area contributed by atoms with Gasteiger partial charge >= 0.3 is 11.9 Å². The largest absolute Gasteiger partial charge is 0.462 e. The number of hydrogen-bond donors (Lipinski definition) is 1. The molecule has 0 spiro atoms. The summed E-state index contributed by atoms with van der Waals surface area (Å²) in [6.45, 7) is 3.96. The first-order valence-corrected chi connectivity index (χ1v) is 16.7. The Labute approximate surface area is 252 Å². The average molecular weight is 575 g/mol. The zero-order valence-corrected chi connectivity index (χ0v) is 26.5. The number of allylic oxidation sites excluding steroid dienone is 8. The zero-order valence-electron chi connectivity index (χ0n) is 26.5. The van der Waals surface area contributed by atoms with E-state index in [9.17, 15) is 14.7 Å². The van der Waals surface area contributed by atoms with Gasteiger partial charge in [-0.05, 0) is 51.4 Å². The van der Waals surface area contributed by atoms with Crippen LogP contribution in [0.3, 0.4) is 0 Å². The molecular weight excluding hydrogens is 512 g/mol. The number of ether oxygens (including phenoxy) is 2. The first-order chi connectivity index (χ1) is 20.1. The van der Waals surface area contributed by atoms with Crippen LogP contribution in [0.5, 0.6) is 0 Å². The number of esters is 2. The van der Waals surface area contributed by atoms with Gasteiger partial charge in [-0.25, -0.2) is 0 Å². The molecule has 0 amide bonds. The molecule has 0 heterocycles. The van der Waals surface area contributed by atoms with Crippen LogP contribution in [0, 0.1) is 0 Å². The highest BCUT2D eigenvalue weighted by Gasteiger charge is 2.16. The van der Waals surface area contributed by atoms with Gasteiger partial charge in [0.2, 0.25) is 0 Å². The molecule has 0 aromatic heterocycles. The molecule has 236 valence electrons. The molecule has 41 heavy (non-hydrogen) atoms. The summed E-state index contributed by atoms with van der Waals surface area (Å²) in [7, 11) is 0. The molecule has 0 saturated heterocycles. The fourth-order valence-corrected chi connectivity index (χ4v) is 4.37. The molecule has 0 aliphatic rings. The summed E-state index contributed by atoms with van der Waals surface area (Å²) in [5.74, 6) is -0.643. The van der Waals surface area contributed by atoms with Crippen molar-refractivity contribution in [3.63, 3.8) is 0 Å². The summed E-state index contributed by atoms with van der Waals surface area (Å²) in [6, 6.07) is 0. The van der Waals surface area contributed by atoms with Crippen LogP contribution in [0.2, 0.25) is 0 Å². The van der Waals surface area contributed by atoms with Gasteiger partial charge in [0.1, 0.15) is 6.61 Å². The number of carbonyl (C=O) groups excluding carboxylic acids is 2. The Hall–Kier alpha value is -2.14. The molecule has 0 aromatic rings. The molecule has 0 saturated carbocycles. The minimum absolute atomic E-state index is 0.0869. The second kappa shape index (κ2) is 32.4. The second-order valence-corrected chi connectivity index (χ2v) is 10.9. The molecule has 0 aromatic carbocycles. The molecule has 0 unspecified atom stereocenters. The Morgan fingerprint density at radius 3 is 1.59 bits per heavy atom. The van der Waals surface area contributed by atoms with Gasteiger partial charge in [0.15, 0.2) is 6.10 Å². The lowest BCUT2D eigenvalue weighted by molar-refractivity contribution is -0.161. The van der Waals surface area contributed by atoms with E-state index < -0.39 is 6.10 Å². The standard InChI is InChI=1S/C36H62O5/c1-3-5-7-9-11-13-15-17-18-19-21-22-24-26-28-30-35(38)40-33-34(32-37)41-36(39)31-29-27-25-23-20-16-14-12-10-8-6-4-2/h5,7,11,13,17-18,21-22,34,37H,3-4,6,8-10,12,14-16,19-20,23-33H2,1-2H3/b7-5-,13-11-,18-17-,22-21-/t34-/m0/s1. The Morgan fingerprint density at radius 1 is 0.585 bits per heavy atom. The summed E-state index contributed by atoms with van der Waals surface area (Å²) < 4.78 is 10.5. The number of aliphatic hydroxyl groups is 1. The van der Waals surface area contributed by atoms with Gasteiger partial charge in [-0.3, -0.25) is 9.59 Å². The maximum absolute atomic E-state index is 12.1. The number of rotatable bonds is 29. The van der Waals surface area contributed by atoms with E-state index in [2.05, 4.69) is 62.5 Å². The number of aliphatic hydroxyl groups excluding tert-OH is 1. The van der Waals surface area contributed by atoms with Gasteiger partial charge in [0, 0.05) is 12.8 Å². The molecule has 0 aliphatic heterocycles. The van der Waals surface area contributed by atoms with Gasteiger partial charge in [0.25, 0.3) is 0 Å². The third-order valence-electron chi connectivity index (χ3n) is 6.89. The highest BCUT2D eigenvalue weighted by Crippen LogP contribution is 2.13. The van der Waals surface area contributed by atoms with Gasteiger partial charge < -0.3 is 14.6 Å². The van der Waals surface area contributed by atoms with E-state index in [-0.39, 0.29) is 25.2 Å². The lowest BCUT2D eigenvalue weighted by atomic mass is 10.0. The lowest BCUT2D eigenvalue weighted by Gasteiger charge is -2.15. The van der Waals surface area contributed by atoms with Crippen LogP contribution < -0.4 is 0 Å². The molecule has 0 aliphatic carbocycles. The van der Waals surface area contributed by atoms with Crippen molar-refractivity contribution < 1.29 is 24.2 Å². The van der Waals surface area contributed by atoms with Crippen LogP contribution in [0.15, 0.2) is 48.6 Å². The molecule has 0 radical (unpaired) electrons. The first kappa shape index (κ1) is 38.9. The predicted molar refractivity (Wildman–Crippen MR) is 173 cm³/mol. The summed E-state index contributed by atoms with van der Waals surface area (Å²) in [6.07, 6.45) is 38.8. The van der Waals surface area contributed by atoms with E-state index in [1.54, 1.807) is 0 Å². The van der Waals surface area contributed by atoms with Crippen LogP contribution in [0.25, 0.3) is 0 Å². The van der Waals surface area contributed by atoms with Gasteiger partial charge in [-0.2, -0.15) is 0 Å². The molecule has 0 rings (SSSR count). The van der Waals surface area contributed by atoms with Crippen molar-refractivity contribution >= 4 is 11.9 Å². The SMILES string of the molecule is CC/C=C\C/C=C\C/C=C\C/C=C\CCCCC(=O)OC[C@H](CO)OC(=O)CCCCCCCCCCCCCC. The highest BCUT2D eigenvalue weighted by molar-refractivity contribution is 5.70. The smallest absolute Gasteiger partial charge is 0.306 e. The van der Waals surface area contributed by atoms with E-state index in [1.165, 1.54) is 57.8 Å². The summed E-state index contributed by atoms with van der Waals surface area (Å²) >= 11 is 0. The number of carbonyl (C=O) groups is 2. The predicted octanol–water partition coefficient (Wildman–Crippen LogP) is 9.89. The van der Waals surface area contributed by atoms with Crippen molar-refractivity contribution in [2.45, 2.75) is 155 Å². The normalized spacial score (nSPS) is 12.8. The van der Waals surface area contributed by atoms with Crippen LogP contribution >= 0.6 is 0 Å². The van der Waals surface area contributed by atoms with Crippen molar-refractivity contribution in [3.8, 4) is 0 Å². The topological polar surface area (TPSA) is 72.8 Å². The Balaban J connectivity index is 3.68. The maximum Gasteiger partial charge on any atom is 0.306 e. The molecule has 5 heteroatoms. The van der Waals surface area contributed by atoms with Gasteiger partial charge in [-0.15, -0.1) is 0 Å². The zero-order chi connectivity index (χ0) is 30.1. The maximum atomic E-state index is 12.1. The third kappa shape index (κ3) is 30.6. The van der Waals surface area contributed by atoms with Crippen LogP contribution in [0.4, 0.5) is 0 Å².